The molecule has 7 heteroatoms. The third-order valence-electron chi connectivity index (χ3n) is 3.38. The van der Waals surface area contributed by atoms with Crippen LogP contribution < -0.4 is 10.6 Å². The maximum absolute atomic E-state index is 11.9. The SMILES string of the molecule is COCCNC(=O)c1ccc(Nc2cccc3cccnc23)nn1. The fourth-order valence-corrected chi connectivity index (χ4v) is 2.22. The summed E-state index contributed by atoms with van der Waals surface area (Å²) in [5.41, 5.74) is 1.94. The number of fused-ring (bicyclic) bond motifs is 1. The van der Waals surface area contributed by atoms with Gasteiger partial charge in [0, 0.05) is 25.2 Å². The minimum absolute atomic E-state index is 0.257. The van der Waals surface area contributed by atoms with E-state index in [0.717, 1.165) is 16.6 Å². The molecule has 2 aromatic heterocycles. The van der Waals surface area contributed by atoms with Gasteiger partial charge in [0.15, 0.2) is 11.5 Å². The zero-order valence-electron chi connectivity index (χ0n) is 13.2. The molecule has 0 saturated carbocycles. The molecule has 2 heterocycles. The third-order valence-corrected chi connectivity index (χ3v) is 3.38. The van der Waals surface area contributed by atoms with Crippen LogP contribution in [-0.2, 0) is 4.74 Å². The minimum Gasteiger partial charge on any atom is -0.383 e. The van der Waals surface area contributed by atoms with Crippen molar-refractivity contribution in [3.05, 3.63) is 54.4 Å². The molecule has 0 bridgehead atoms. The summed E-state index contributed by atoms with van der Waals surface area (Å²) in [5.74, 6) is 0.263. The number of rotatable bonds is 6. The Balaban J connectivity index is 1.73. The molecule has 0 spiro atoms. The molecule has 7 nitrogen and oxygen atoms in total. The molecule has 2 N–H and O–H groups in total. The maximum Gasteiger partial charge on any atom is 0.271 e. The molecule has 0 saturated heterocycles. The van der Waals surface area contributed by atoms with Crippen LogP contribution in [0.1, 0.15) is 10.5 Å². The molecule has 0 unspecified atom stereocenters. The lowest BCUT2D eigenvalue weighted by molar-refractivity contribution is 0.0931. The molecule has 0 atom stereocenters. The molecule has 0 radical (unpaired) electrons. The number of nitrogens with zero attached hydrogens (tertiary/aromatic N) is 3. The van der Waals surface area contributed by atoms with E-state index in [1.807, 2.05) is 30.3 Å². The number of amides is 1. The average Bonchev–Trinajstić information content (AvgIpc) is 2.63. The van der Waals surface area contributed by atoms with E-state index in [0.29, 0.717) is 19.0 Å². The number of hydrogen-bond acceptors (Lipinski definition) is 6. The number of nitrogens with one attached hydrogen (secondary N) is 2. The van der Waals surface area contributed by atoms with E-state index in [9.17, 15) is 4.79 Å². The van der Waals surface area contributed by atoms with Gasteiger partial charge in [0.1, 0.15) is 0 Å². The number of pyridine rings is 1. The van der Waals surface area contributed by atoms with Crippen molar-refractivity contribution in [1.29, 1.82) is 0 Å². The summed E-state index contributed by atoms with van der Waals surface area (Å²) in [6, 6.07) is 13.1. The van der Waals surface area contributed by atoms with Gasteiger partial charge in [-0.25, -0.2) is 0 Å². The van der Waals surface area contributed by atoms with Gasteiger partial charge in [-0.3, -0.25) is 9.78 Å². The van der Waals surface area contributed by atoms with Crippen molar-refractivity contribution in [2.45, 2.75) is 0 Å². The highest BCUT2D eigenvalue weighted by atomic mass is 16.5. The topological polar surface area (TPSA) is 89.0 Å². The van der Waals surface area contributed by atoms with E-state index < -0.39 is 0 Å². The molecule has 0 aliphatic rings. The van der Waals surface area contributed by atoms with Crippen molar-refractivity contribution >= 4 is 28.3 Å². The smallest absolute Gasteiger partial charge is 0.271 e. The fraction of sp³-hybridized carbons (Fsp3) is 0.176. The number of hydrogen-bond donors (Lipinski definition) is 2. The van der Waals surface area contributed by atoms with Crippen LogP contribution in [0.15, 0.2) is 48.7 Å². The molecule has 0 aliphatic carbocycles. The highest BCUT2D eigenvalue weighted by Gasteiger charge is 2.08. The summed E-state index contributed by atoms with van der Waals surface area (Å²) >= 11 is 0. The second-order valence-corrected chi connectivity index (χ2v) is 5.06. The lowest BCUT2D eigenvalue weighted by Crippen LogP contribution is -2.27. The van der Waals surface area contributed by atoms with Gasteiger partial charge in [-0.15, -0.1) is 10.2 Å². The Labute approximate surface area is 139 Å². The minimum atomic E-state index is -0.280. The number of benzene rings is 1. The van der Waals surface area contributed by atoms with E-state index in [2.05, 4.69) is 25.8 Å². The zero-order valence-corrected chi connectivity index (χ0v) is 13.2. The van der Waals surface area contributed by atoms with Gasteiger partial charge >= 0.3 is 0 Å². The van der Waals surface area contributed by atoms with Gasteiger partial charge in [-0.2, -0.15) is 0 Å². The van der Waals surface area contributed by atoms with E-state index >= 15 is 0 Å². The van der Waals surface area contributed by atoms with Crippen molar-refractivity contribution in [3.63, 3.8) is 0 Å². The number of carbonyl (C=O) groups excluding carboxylic acids is 1. The first-order chi connectivity index (χ1) is 11.8. The predicted octanol–water partition coefficient (Wildman–Crippen LogP) is 2.14. The van der Waals surface area contributed by atoms with Crippen molar-refractivity contribution in [1.82, 2.24) is 20.5 Å². The standard InChI is InChI=1S/C17H17N5O2/c1-24-11-10-19-17(23)14-7-8-15(22-21-14)20-13-6-2-4-12-5-3-9-18-16(12)13/h2-9H,10-11H2,1H3,(H,19,23)(H,20,22). The van der Waals surface area contributed by atoms with Crippen LogP contribution in [-0.4, -0.2) is 41.3 Å². The van der Waals surface area contributed by atoms with Crippen molar-refractivity contribution in [2.24, 2.45) is 0 Å². The van der Waals surface area contributed by atoms with Crippen molar-refractivity contribution in [3.8, 4) is 0 Å². The Hall–Kier alpha value is -3.06. The van der Waals surface area contributed by atoms with Crippen LogP contribution >= 0.6 is 0 Å². The monoisotopic (exact) mass is 323 g/mol. The molecule has 3 aromatic rings. The lowest BCUT2D eigenvalue weighted by Gasteiger charge is -2.08. The van der Waals surface area contributed by atoms with Crippen LogP contribution in [0.2, 0.25) is 0 Å². The summed E-state index contributed by atoms with van der Waals surface area (Å²) < 4.78 is 4.88. The third kappa shape index (κ3) is 3.64. The van der Waals surface area contributed by atoms with Gasteiger partial charge in [-0.05, 0) is 24.3 Å². The summed E-state index contributed by atoms with van der Waals surface area (Å²) in [6.07, 6.45) is 1.74. The second-order valence-electron chi connectivity index (χ2n) is 5.06. The Morgan fingerprint density at radius 3 is 2.79 bits per heavy atom. The van der Waals surface area contributed by atoms with E-state index in [1.165, 1.54) is 0 Å². The molecule has 0 aliphatic heterocycles. The van der Waals surface area contributed by atoms with Gasteiger partial charge in [0.25, 0.3) is 5.91 Å². The Kier molecular flexibility index (Phi) is 4.93. The first-order valence-corrected chi connectivity index (χ1v) is 7.49. The van der Waals surface area contributed by atoms with Gasteiger partial charge in [0.05, 0.1) is 17.8 Å². The van der Waals surface area contributed by atoms with Crippen LogP contribution in [0, 0.1) is 0 Å². The number of ether oxygens (including phenoxy) is 1. The second kappa shape index (κ2) is 7.47. The maximum atomic E-state index is 11.9. The number of carbonyl (C=O) groups is 1. The molecule has 1 amide bonds. The van der Waals surface area contributed by atoms with Crippen molar-refractivity contribution < 1.29 is 9.53 Å². The molecular weight excluding hydrogens is 306 g/mol. The number of methoxy groups -OCH3 is 1. The average molecular weight is 323 g/mol. The number of para-hydroxylation sites is 1. The number of aromatic nitrogens is 3. The van der Waals surface area contributed by atoms with Crippen LogP contribution in [0.3, 0.4) is 0 Å². The van der Waals surface area contributed by atoms with E-state index in [1.54, 1.807) is 25.4 Å². The van der Waals surface area contributed by atoms with Crippen LogP contribution in [0.5, 0.6) is 0 Å². The molecule has 122 valence electrons. The lowest BCUT2D eigenvalue weighted by atomic mass is 10.2. The molecule has 1 aromatic carbocycles. The number of anilines is 2. The molecule has 0 fully saturated rings. The first-order valence-electron chi connectivity index (χ1n) is 7.49. The zero-order chi connectivity index (χ0) is 16.8. The Morgan fingerprint density at radius 1 is 1.12 bits per heavy atom. The van der Waals surface area contributed by atoms with Crippen LogP contribution in [0.4, 0.5) is 11.5 Å². The highest BCUT2D eigenvalue weighted by molar-refractivity contribution is 5.93. The predicted molar refractivity (Wildman–Crippen MR) is 91.3 cm³/mol. The fourth-order valence-electron chi connectivity index (χ4n) is 2.22. The quantitative estimate of drug-likeness (QED) is 0.676. The first kappa shape index (κ1) is 15.8. The highest BCUT2D eigenvalue weighted by Crippen LogP contribution is 2.23. The van der Waals surface area contributed by atoms with E-state index in [-0.39, 0.29) is 11.6 Å². The van der Waals surface area contributed by atoms with Gasteiger partial charge in [-0.1, -0.05) is 18.2 Å². The molecule has 24 heavy (non-hydrogen) atoms. The van der Waals surface area contributed by atoms with Crippen molar-refractivity contribution in [2.75, 3.05) is 25.6 Å². The summed E-state index contributed by atoms with van der Waals surface area (Å²) in [7, 11) is 1.58. The largest absolute Gasteiger partial charge is 0.383 e. The molecule has 3 rings (SSSR count). The Bertz CT molecular complexity index is 831. The summed E-state index contributed by atoms with van der Waals surface area (Å²) in [4.78, 5) is 16.2. The van der Waals surface area contributed by atoms with E-state index in [4.69, 9.17) is 4.74 Å². The Morgan fingerprint density at radius 2 is 2.00 bits per heavy atom. The van der Waals surface area contributed by atoms with Gasteiger partial charge in [0.2, 0.25) is 0 Å². The molecular formula is C17H17N5O2. The normalized spacial score (nSPS) is 10.5. The summed E-state index contributed by atoms with van der Waals surface area (Å²) in [5, 5.41) is 14.9. The van der Waals surface area contributed by atoms with Crippen LogP contribution in [0.25, 0.3) is 10.9 Å². The summed E-state index contributed by atoms with van der Waals surface area (Å²) in [6.45, 7) is 0.881. The van der Waals surface area contributed by atoms with Gasteiger partial charge < -0.3 is 15.4 Å².